The number of nitrogens with one attached hydrogen (secondary N) is 1. The number of allylic oxidation sites excluding steroid dienone is 3. The second-order valence-corrected chi connectivity index (χ2v) is 7.98. The van der Waals surface area contributed by atoms with Crippen LogP contribution >= 0.6 is 11.3 Å². The van der Waals surface area contributed by atoms with Gasteiger partial charge < -0.3 is 14.8 Å². The fraction of sp³-hybridized carbons (Fsp3) is 0.476. The van der Waals surface area contributed by atoms with E-state index in [1.54, 1.807) is 13.8 Å². The van der Waals surface area contributed by atoms with Crippen molar-refractivity contribution in [2.24, 2.45) is 11.8 Å². The molecule has 0 saturated heterocycles. The highest BCUT2D eigenvalue weighted by Crippen LogP contribution is 2.46. The molecule has 150 valence electrons. The molecule has 1 aliphatic heterocycles. The van der Waals surface area contributed by atoms with Crippen molar-refractivity contribution in [3.8, 4) is 0 Å². The van der Waals surface area contributed by atoms with E-state index in [4.69, 9.17) is 9.47 Å². The highest BCUT2D eigenvalue weighted by molar-refractivity contribution is 7.10. The number of esters is 2. The number of hydrogen-bond acceptors (Lipinski definition) is 7. The van der Waals surface area contributed by atoms with Crippen molar-refractivity contribution in [3.63, 3.8) is 0 Å². The first-order chi connectivity index (χ1) is 13.4. The van der Waals surface area contributed by atoms with Crippen LogP contribution < -0.4 is 5.32 Å². The molecule has 3 atom stereocenters. The van der Waals surface area contributed by atoms with Crippen LogP contribution in [0.4, 0.5) is 0 Å². The first kappa shape index (κ1) is 20.3. The summed E-state index contributed by atoms with van der Waals surface area (Å²) in [5.41, 5.74) is 2.37. The Kier molecular flexibility index (Phi) is 6.03. The summed E-state index contributed by atoms with van der Waals surface area (Å²) in [7, 11) is 0. The number of carbonyl (C=O) groups is 3. The summed E-state index contributed by atoms with van der Waals surface area (Å²) in [6, 6.07) is 3.79. The standard InChI is InChI=1S/C21H25NO5S/c1-5-26-20(24)15-11(3)10-13-17(19(15)23)18(14-8-7-9-28-14)16(12(4)22-13)21(25)27-6-2/h7-9,11,15,18,22H,5-6,10H2,1-4H3/t11-,15+,18-/m1/s1. The normalized spacial score (nSPS) is 24.6. The van der Waals surface area contributed by atoms with Gasteiger partial charge in [0.25, 0.3) is 0 Å². The second-order valence-electron chi connectivity index (χ2n) is 7.00. The number of dihydropyridines is 1. The third kappa shape index (κ3) is 3.51. The van der Waals surface area contributed by atoms with Gasteiger partial charge in [0.2, 0.25) is 0 Å². The van der Waals surface area contributed by atoms with Gasteiger partial charge in [-0.15, -0.1) is 11.3 Å². The fourth-order valence-corrected chi connectivity index (χ4v) is 4.85. The van der Waals surface area contributed by atoms with Gasteiger partial charge in [-0.05, 0) is 44.6 Å². The molecule has 1 aromatic heterocycles. The van der Waals surface area contributed by atoms with Gasteiger partial charge in [0.15, 0.2) is 5.78 Å². The summed E-state index contributed by atoms with van der Waals surface area (Å²) in [6.45, 7) is 7.64. The van der Waals surface area contributed by atoms with E-state index in [-0.39, 0.29) is 24.9 Å². The van der Waals surface area contributed by atoms with Gasteiger partial charge in [0.1, 0.15) is 5.92 Å². The first-order valence-electron chi connectivity index (χ1n) is 9.52. The van der Waals surface area contributed by atoms with Crippen molar-refractivity contribution >= 4 is 29.1 Å². The molecule has 0 unspecified atom stereocenters. The molecule has 7 heteroatoms. The Morgan fingerprint density at radius 1 is 1.25 bits per heavy atom. The molecule has 0 fully saturated rings. The highest BCUT2D eigenvalue weighted by atomic mass is 32.1. The van der Waals surface area contributed by atoms with Gasteiger partial charge in [0, 0.05) is 21.8 Å². The average molecular weight is 404 g/mol. The molecular formula is C21H25NO5S. The number of Topliss-reactive ketones (excluding diaryl/α,β-unsaturated/α-hetero) is 1. The molecule has 6 nitrogen and oxygen atoms in total. The van der Waals surface area contributed by atoms with Crippen LogP contribution in [0.3, 0.4) is 0 Å². The summed E-state index contributed by atoms with van der Waals surface area (Å²) in [4.78, 5) is 39.6. The lowest BCUT2D eigenvalue weighted by Crippen LogP contribution is -2.43. The minimum Gasteiger partial charge on any atom is -0.465 e. The maximum absolute atomic E-state index is 13.5. The molecule has 0 saturated carbocycles. The van der Waals surface area contributed by atoms with Gasteiger partial charge in [-0.2, -0.15) is 0 Å². The maximum Gasteiger partial charge on any atom is 0.336 e. The van der Waals surface area contributed by atoms with Crippen LogP contribution in [-0.4, -0.2) is 30.9 Å². The molecule has 2 aliphatic rings. The summed E-state index contributed by atoms with van der Waals surface area (Å²) in [6.07, 6.45) is 0.542. The van der Waals surface area contributed by atoms with Gasteiger partial charge >= 0.3 is 11.9 Å². The van der Waals surface area contributed by atoms with Crippen LogP contribution in [0.1, 0.15) is 44.9 Å². The van der Waals surface area contributed by atoms with Crippen LogP contribution in [0.2, 0.25) is 0 Å². The Balaban J connectivity index is 2.11. The molecule has 1 N–H and O–H groups in total. The van der Waals surface area contributed by atoms with Crippen LogP contribution in [0, 0.1) is 11.8 Å². The van der Waals surface area contributed by atoms with Crippen LogP contribution in [0.5, 0.6) is 0 Å². The zero-order chi connectivity index (χ0) is 20.4. The molecule has 3 rings (SSSR count). The molecular weight excluding hydrogens is 378 g/mol. The zero-order valence-corrected chi connectivity index (χ0v) is 17.4. The summed E-state index contributed by atoms with van der Waals surface area (Å²) < 4.78 is 10.4. The second kappa shape index (κ2) is 8.31. The van der Waals surface area contributed by atoms with Crippen molar-refractivity contribution in [3.05, 3.63) is 44.9 Å². The molecule has 2 heterocycles. The van der Waals surface area contributed by atoms with E-state index < -0.39 is 23.8 Å². The van der Waals surface area contributed by atoms with E-state index in [1.807, 2.05) is 31.4 Å². The lowest BCUT2D eigenvalue weighted by molar-refractivity contribution is -0.153. The lowest BCUT2D eigenvalue weighted by Gasteiger charge is -2.37. The van der Waals surface area contributed by atoms with E-state index in [2.05, 4.69) is 5.32 Å². The van der Waals surface area contributed by atoms with E-state index in [9.17, 15) is 14.4 Å². The van der Waals surface area contributed by atoms with Crippen LogP contribution in [-0.2, 0) is 23.9 Å². The number of ketones is 1. The Labute approximate surface area is 168 Å². The van der Waals surface area contributed by atoms with Gasteiger partial charge in [0.05, 0.1) is 24.7 Å². The zero-order valence-electron chi connectivity index (χ0n) is 16.5. The predicted octanol–water partition coefficient (Wildman–Crippen LogP) is 3.31. The topological polar surface area (TPSA) is 81.7 Å². The Hall–Kier alpha value is -2.41. The minimum atomic E-state index is -0.857. The maximum atomic E-state index is 13.5. The van der Waals surface area contributed by atoms with E-state index in [1.165, 1.54) is 11.3 Å². The van der Waals surface area contributed by atoms with Crippen molar-refractivity contribution in [2.75, 3.05) is 13.2 Å². The molecule has 0 amide bonds. The van der Waals surface area contributed by atoms with Crippen molar-refractivity contribution < 1.29 is 23.9 Å². The molecule has 28 heavy (non-hydrogen) atoms. The van der Waals surface area contributed by atoms with Gasteiger partial charge in [-0.25, -0.2) is 4.79 Å². The number of thiophene rings is 1. The number of ether oxygens (including phenoxy) is 2. The largest absolute Gasteiger partial charge is 0.465 e. The fourth-order valence-electron chi connectivity index (χ4n) is 4.01. The third-order valence-corrected chi connectivity index (χ3v) is 6.09. The van der Waals surface area contributed by atoms with Gasteiger partial charge in [-0.1, -0.05) is 13.0 Å². The molecule has 1 aliphatic carbocycles. The quantitative estimate of drug-likeness (QED) is 0.600. The number of hydrogen-bond donors (Lipinski definition) is 1. The first-order valence-corrected chi connectivity index (χ1v) is 10.4. The molecule has 0 bridgehead atoms. The van der Waals surface area contributed by atoms with E-state index >= 15 is 0 Å². The SMILES string of the molecule is CCOC(=O)C1=C(C)NC2=C(C(=O)[C@@H](C(=O)OCC)[C@H](C)C2)[C@@H]1c1cccs1. The Morgan fingerprint density at radius 2 is 1.96 bits per heavy atom. The summed E-state index contributed by atoms with van der Waals surface area (Å²) >= 11 is 1.48. The summed E-state index contributed by atoms with van der Waals surface area (Å²) in [5, 5.41) is 5.15. The number of carbonyl (C=O) groups excluding carboxylic acids is 3. The molecule has 1 aromatic rings. The highest BCUT2D eigenvalue weighted by Gasteiger charge is 2.47. The summed E-state index contributed by atoms with van der Waals surface area (Å²) in [5.74, 6) is -2.79. The van der Waals surface area contributed by atoms with Crippen molar-refractivity contribution in [1.82, 2.24) is 5.32 Å². The van der Waals surface area contributed by atoms with E-state index in [0.29, 0.717) is 23.3 Å². The Bertz CT molecular complexity index is 852. The molecule has 0 spiro atoms. The van der Waals surface area contributed by atoms with Gasteiger partial charge in [-0.3, -0.25) is 9.59 Å². The van der Waals surface area contributed by atoms with Crippen LogP contribution in [0.15, 0.2) is 40.1 Å². The van der Waals surface area contributed by atoms with Crippen LogP contribution in [0.25, 0.3) is 0 Å². The molecule has 0 radical (unpaired) electrons. The minimum absolute atomic E-state index is 0.182. The monoisotopic (exact) mass is 403 g/mol. The lowest BCUT2D eigenvalue weighted by atomic mass is 9.70. The average Bonchev–Trinajstić information content (AvgIpc) is 3.15. The molecule has 0 aromatic carbocycles. The number of rotatable bonds is 5. The van der Waals surface area contributed by atoms with E-state index in [0.717, 1.165) is 10.6 Å². The van der Waals surface area contributed by atoms with Crippen molar-refractivity contribution in [2.45, 2.75) is 40.0 Å². The predicted molar refractivity (Wildman–Crippen MR) is 105 cm³/mol. The van der Waals surface area contributed by atoms with Crippen molar-refractivity contribution in [1.29, 1.82) is 0 Å². The third-order valence-electron chi connectivity index (χ3n) is 5.15. The smallest absolute Gasteiger partial charge is 0.336 e. The Morgan fingerprint density at radius 3 is 2.57 bits per heavy atom.